The van der Waals surface area contributed by atoms with E-state index in [1.807, 2.05) is 26.8 Å². The Labute approximate surface area is 193 Å². The van der Waals surface area contributed by atoms with Crippen LogP contribution in [0.1, 0.15) is 44.0 Å². The van der Waals surface area contributed by atoms with Gasteiger partial charge >= 0.3 is 0 Å². The smallest absolute Gasteiger partial charge is 0.255 e. The molecule has 2 fully saturated rings. The number of H-pyrrole nitrogens is 1. The van der Waals surface area contributed by atoms with Gasteiger partial charge in [-0.1, -0.05) is 0 Å². The summed E-state index contributed by atoms with van der Waals surface area (Å²) in [6.45, 7) is 8.12. The fourth-order valence-electron chi connectivity index (χ4n) is 4.03. The maximum atomic E-state index is 13.0. The Hall–Kier alpha value is -3.20. The van der Waals surface area contributed by atoms with Gasteiger partial charge in [-0.25, -0.2) is 4.98 Å². The fourth-order valence-corrected chi connectivity index (χ4v) is 4.03. The fraction of sp³-hybridized carbons (Fsp3) is 0.500. The van der Waals surface area contributed by atoms with Gasteiger partial charge in [-0.2, -0.15) is 0 Å². The summed E-state index contributed by atoms with van der Waals surface area (Å²) in [5.41, 5.74) is -0.290. The molecule has 2 aromatic heterocycles. The summed E-state index contributed by atoms with van der Waals surface area (Å²) in [6, 6.07) is 6.07. The summed E-state index contributed by atoms with van der Waals surface area (Å²) in [5, 5.41) is 2.87. The molecule has 1 atom stereocenters. The van der Waals surface area contributed by atoms with Crippen LogP contribution in [0.4, 0.5) is 5.82 Å². The number of rotatable bonds is 7. The number of nitrogens with zero attached hydrogens (tertiary/aromatic N) is 3. The standard InChI is InChI=1S/C24H31N5O4/c1-16(22(31)27-20-8-7-19(13-25-20)33-14-17-4-5-17)28-10-11-29(24(2,3)15-28)23(32)18-6-9-21(30)26-12-18/h6-9,12-13,16-17H,4-5,10-11,14-15H2,1-3H3,(H,26,30)(H,25,27,31). The van der Waals surface area contributed by atoms with Gasteiger partial charge in [0.1, 0.15) is 11.6 Å². The first kappa shape index (κ1) is 23.0. The lowest BCUT2D eigenvalue weighted by molar-refractivity contribution is -0.122. The van der Waals surface area contributed by atoms with Gasteiger partial charge in [0.2, 0.25) is 11.5 Å². The van der Waals surface area contributed by atoms with E-state index in [2.05, 4.69) is 20.2 Å². The Morgan fingerprint density at radius 1 is 1.24 bits per heavy atom. The van der Waals surface area contributed by atoms with Crippen LogP contribution in [0.3, 0.4) is 0 Å². The quantitative estimate of drug-likeness (QED) is 0.665. The van der Waals surface area contributed by atoms with Crippen molar-refractivity contribution < 1.29 is 14.3 Å². The van der Waals surface area contributed by atoms with Crippen molar-refractivity contribution >= 4 is 17.6 Å². The first-order valence-corrected chi connectivity index (χ1v) is 11.4. The molecule has 1 saturated heterocycles. The molecule has 1 saturated carbocycles. The Morgan fingerprint density at radius 3 is 2.64 bits per heavy atom. The molecular weight excluding hydrogens is 422 g/mol. The molecular formula is C24H31N5O4. The van der Waals surface area contributed by atoms with Gasteiger partial charge in [0.15, 0.2) is 0 Å². The summed E-state index contributed by atoms with van der Waals surface area (Å²) >= 11 is 0. The number of hydrogen-bond donors (Lipinski definition) is 2. The minimum absolute atomic E-state index is 0.138. The molecule has 1 unspecified atom stereocenters. The lowest BCUT2D eigenvalue weighted by atomic mass is 9.96. The molecule has 1 aliphatic heterocycles. The van der Waals surface area contributed by atoms with Crippen molar-refractivity contribution in [3.05, 3.63) is 52.6 Å². The zero-order valence-corrected chi connectivity index (χ0v) is 19.3. The molecule has 1 aliphatic carbocycles. The highest BCUT2D eigenvalue weighted by atomic mass is 16.5. The van der Waals surface area contributed by atoms with Crippen LogP contribution >= 0.6 is 0 Å². The number of hydrogen-bond acceptors (Lipinski definition) is 6. The number of piperazine rings is 1. The highest BCUT2D eigenvalue weighted by Crippen LogP contribution is 2.29. The van der Waals surface area contributed by atoms with Crippen molar-refractivity contribution in [3.8, 4) is 5.75 Å². The third kappa shape index (κ3) is 5.60. The summed E-state index contributed by atoms with van der Waals surface area (Å²) in [5.74, 6) is 1.57. The van der Waals surface area contributed by atoms with Gasteiger partial charge in [0.25, 0.3) is 5.91 Å². The zero-order chi connectivity index (χ0) is 23.6. The van der Waals surface area contributed by atoms with Crippen LogP contribution < -0.4 is 15.6 Å². The number of pyridine rings is 2. The summed E-state index contributed by atoms with van der Waals surface area (Å²) < 4.78 is 5.69. The second-order valence-corrected chi connectivity index (χ2v) is 9.48. The van der Waals surface area contributed by atoms with Gasteiger partial charge in [0, 0.05) is 31.9 Å². The molecule has 33 heavy (non-hydrogen) atoms. The monoisotopic (exact) mass is 453 g/mol. The van der Waals surface area contributed by atoms with E-state index in [1.54, 1.807) is 17.2 Å². The highest BCUT2D eigenvalue weighted by Gasteiger charge is 2.39. The van der Waals surface area contributed by atoms with Crippen LogP contribution in [0, 0.1) is 5.92 Å². The van der Waals surface area contributed by atoms with Crippen LogP contribution in [0.25, 0.3) is 0 Å². The molecule has 4 rings (SSSR count). The first-order chi connectivity index (χ1) is 15.7. The molecule has 9 nitrogen and oxygen atoms in total. The van der Waals surface area contributed by atoms with Gasteiger partial charge in [-0.15, -0.1) is 0 Å². The highest BCUT2D eigenvalue weighted by molar-refractivity contribution is 5.95. The average molecular weight is 454 g/mol. The van der Waals surface area contributed by atoms with E-state index in [9.17, 15) is 14.4 Å². The van der Waals surface area contributed by atoms with E-state index in [0.717, 1.165) is 6.61 Å². The Morgan fingerprint density at radius 2 is 2.03 bits per heavy atom. The topological polar surface area (TPSA) is 108 Å². The van der Waals surface area contributed by atoms with Crippen molar-refractivity contribution in [2.45, 2.75) is 45.2 Å². The Kier molecular flexibility index (Phi) is 6.51. The predicted molar refractivity (Wildman–Crippen MR) is 124 cm³/mol. The van der Waals surface area contributed by atoms with Crippen molar-refractivity contribution in [2.75, 3.05) is 31.6 Å². The number of nitrogens with one attached hydrogen (secondary N) is 2. The van der Waals surface area contributed by atoms with E-state index in [-0.39, 0.29) is 23.4 Å². The second kappa shape index (κ2) is 9.35. The number of aromatic nitrogens is 2. The number of carbonyl (C=O) groups excluding carboxylic acids is 2. The van der Waals surface area contributed by atoms with E-state index in [1.165, 1.54) is 31.2 Å². The maximum Gasteiger partial charge on any atom is 0.255 e. The largest absolute Gasteiger partial charge is 0.492 e. The molecule has 3 heterocycles. The molecule has 0 spiro atoms. The van der Waals surface area contributed by atoms with Crippen molar-refractivity contribution in [1.29, 1.82) is 0 Å². The Bertz CT molecular complexity index is 1040. The first-order valence-electron chi connectivity index (χ1n) is 11.4. The van der Waals surface area contributed by atoms with E-state index in [4.69, 9.17) is 4.74 Å². The van der Waals surface area contributed by atoms with E-state index in [0.29, 0.717) is 42.7 Å². The summed E-state index contributed by atoms with van der Waals surface area (Å²) in [4.78, 5) is 47.8. The normalized spacial score (nSPS) is 19.1. The second-order valence-electron chi connectivity index (χ2n) is 9.48. The van der Waals surface area contributed by atoms with E-state index < -0.39 is 5.54 Å². The molecule has 2 aliphatic rings. The van der Waals surface area contributed by atoms with Crippen molar-refractivity contribution in [2.24, 2.45) is 5.92 Å². The number of anilines is 1. The third-order valence-electron chi connectivity index (χ3n) is 6.31. The molecule has 0 radical (unpaired) electrons. The SMILES string of the molecule is CC(C(=O)Nc1ccc(OCC2CC2)cn1)N1CCN(C(=O)c2ccc(=O)[nH]c2)C(C)(C)C1. The van der Waals surface area contributed by atoms with Gasteiger partial charge in [-0.05, 0) is 57.7 Å². The van der Waals surface area contributed by atoms with Gasteiger partial charge in [0.05, 0.1) is 29.9 Å². The lowest BCUT2D eigenvalue weighted by Crippen LogP contribution is -2.63. The van der Waals surface area contributed by atoms with Gasteiger partial charge in [-0.3, -0.25) is 19.3 Å². The minimum atomic E-state index is -0.487. The van der Waals surface area contributed by atoms with E-state index >= 15 is 0 Å². The average Bonchev–Trinajstić information content (AvgIpc) is 3.62. The molecule has 0 aromatic carbocycles. The lowest BCUT2D eigenvalue weighted by Gasteiger charge is -2.48. The number of ether oxygens (including phenoxy) is 1. The number of carbonyl (C=O) groups is 2. The number of amides is 2. The minimum Gasteiger partial charge on any atom is -0.492 e. The van der Waals surface area contributed by atoms with Crippen LogP contribution in [-0.4, -0.2) is 69.4 Å². The molecule has 2 amide bonds. The van der Waals surface area contributed by atoms with Crippen LogP contribution in [0.15, 0.2) is 41.5 Å². The van der Waals surface area contributed by atoms with Crippen LogP contribution in [0.2, 0.25) is 0 Å². The maximum absolute atomic E-state index is 13.0. The number of aromatic amines is 1. The molecule has 9 heteroatoms. The summed E-state index contributed by atoms with van der Waals surface area (Å²) in [7, 11) is 0. The molecule has 2 aromatic rings. The predicted octanol–water partition coefficient (Wildman–Crippen LogP) is 2.12. The van der Waals surface area contributed by atoms with Crippen molar-refractivity contribution in [3.63, 3.8) is 0 Å². The van der Waals surface area contributed by atoms with Gasteiger partial charge < -0.3 is 19.9 Å². The summed E-state index contributed by atoms with van der Waals surface area (Å²) in [6.07, 6.45) is 5.53. The zero-order valence-electron chi connectivity index (χ0n) is 19.3. The molecule has 176 valence electrons. The third-order valence-corrected chi connectivity index (χ3v) is 6.31. The van der Waals surface area contributed by atoms with Crippen molar-refractivity contribution in [1.82, 2.24) is 19.8 Å². The molecule has 2 N–H and O–H groups in total. The Balaban J connectivity index is 1.33. The molecule has 0 bridgehead atoms. The van der Waals surface area contributed by atoms with Crippen LogP contribution in [0.5, 0.6) is 5.75 Å². The van der Waals surface area contributed by atoms with Crippen LogP contribution in [-0.2, 0) is 4.79 Å².